The maximum absolute atomic E-state index is 14.5. The zero-order valence-electron chi connectivity index (χ0n) is 17.7. The number of nitrogens with zero attached hydrogens (tertiary/aromatic N) is 2. The Bertz CT molecular complexity index is 1060. The van der Waals surface area contributed by atoms with E-state index in [4.69, 9.17) is 4.74 Å². The second-order valence-corrected chi connectivity index (χ2v) is 7.14. The largest absolute Gasteiger partial charge is 0.497 e. The average Bonchev–Trinajstić information content (AvgIpc) is 3.17. The number of nitrogens with one attached hydrogen (secondary N) is 2. The SMILES string of the molecule is COc1ccc(C(CC(=O)NCc2ccc(-n3ccnc3C)c(F)c2)NC(C)=O)cc1. The summed E-state index contributed by atoms with van der Waals surface area (Å²) in [5, 5.41) is 5.58. The molecule has 0 radical (unpaired) electrons. The third-order valence-electron chi connectivity index (χ3n) is 4.87. The molecule has 0 aliphatic rings. The van der Waals surface area contributed by atoms with Gasteiger partial charge in [-0.2, -0.15) is 0 Å². The summed E-state index contributed by atoms with van der Waals surface area (Å²) in [6.07, 6.45) is 3.36. The Balaban J connectivity index is 1.63. The van der Waals surface area contributed by atoms with Crippen LogP contribution in [0.25, 0.3) is 5.69 Å². The topological polar surface area (TPSA) is 85.2 Å². The Morgan fingerprint density at radius 3 is 2.52 bits per heavy atom. The highest BCUT2D eigenvalue weighted by Crippen LogP contribution is 2.21. The van der Waals surface area contributed by atoms with Crippen LogP contribution in [0.1, 0.15) is 36.3 Å². The molecule has 1 aromatic heterocycles. The molecule has 1 atom stereocenters. The zero-order chi connectivity index (χ0) is 22.4. The van der Waals surface area contributed by atoms with Crippen LogP contribution in [0, 0.1) is 12.7 Å². The van der Waals surface area contributed by atoms with Crippen molar-refractivity contribution in [2.45, 2.75) is 32.9 Å². The fraction of sp³-hybridized carbons (Fsp3) is 0.261. The molecule has 31 heavy (non-hydrogen) atoms. The molecule has 0 fully saturated rings. The summed E-state index contributed by atoms with van der Waals surface area (Å²) in [6.45, 7) is 3.37. The van der Waals surface area contributed by atoms with Gasteiger partial charge in [-0.1, -0.05) is 18.2 Å². The van der Waals surface area contributed by atoms with E-state index in [9.17, 15) is 14.0 Å². The number of ether oxygens (including phenoxy) is 1. The summed E-state index contributed by atoms with van der Waals surface area (Å²) in [7, 11) is 1.57. The number of halogens is 1. The normalized spacial score (nSPS) is 11.6. The Hall–Kier alpha value is -3.68. The molecule has 0 aliphatic carbocycles. The van der Waals surface area contributed by atoms with Gasteiger partial charge in [0, 0.05) is 25.9 Å². The van der Waals surface area contributed by atoms with E-state index in [2.05, 4.69) is 15.6 Å². The van der Waals surface area contributed by atoms with Crippen molar-refractivity contribution in [2.24, 2.45) is 0 Å². The molecule has 162 valence electrons. The van der Waals surface area contributed by atoms with E-state index in [1.54, 1.807) is 67.4 Å². The number of hydrogen-bond acceptors (Lipinski definition) is 4. The van der Waals surface area contributed by atoms with Crippen molar-refractivity contribution in [1.82, 2.24) is 20.2 Å². The molecule has 0 saturated carbocycles. The van der Waals surface area contributed by atoms with Gasteiger partial charge in [0.05, 0.1) is 25.3 Å². The Labute approximate surface area is 180 Å². The van der Waals surface area contributed by atoms with Gasteiger partial charge in [0.2, 0.25) is 11.8 Å². The quantitative estimate of drug-likeness (QED) is 0.582. The molecular weight excluding hydrogens is 399 g/mol. The fourth-order valence-electron chi connectivity index (χ4n) is 3.28. The molecule has 0 saturated heterocycles. The van der Waals surface area contributed by atoms with Crippen molar-refractivity contribution in [3.05, 3.63) is 77.6 Å². The van der Waals surface area contributed by atoms with Gasteiger partial charge in [-0.15, -0.1) is 0 Å². The first-order valence-electron chi connectivity index (χ1n) is 9.84. The number of aromatic nitrogens is 2. The van der Waals surface area contributed by atoms with Crippen LogP contribution in [0.5, 0.6) is 5.75 Å². The number of carbonyl (C=O) groups excluding carboxylic acids is 2. The molecule has 0 aliphatic heterocycles. The number of methoxy groups -OCH3 is 1. The van der Waals surface area contributed by atoms with E-state index in [1.165, 1.54) is 13.0 Å². The predicted octanol–water partition coefficient (Wildman–Crippen LogP) is 3.21. The summed E-state index contributed by atoms with van der Waals surface area (Å²) in [5.41, 5.74) is 1.82. The van der Waals surface area contributed by atoms with Crippen LogP contribution in [-0.2, 0) is 16.1 Å². The summed E-state index contributed by atoms with van der Waals surface area (Å²) >= 11 is 0. The fourth-order valence-corrected chi connectivity index (χ4v) is 3.28. The van der Waals surface area contributed by atoms with Crippen LogP contribution >= 0.6 is 0 Å². The van der Waals surface area contributed by atoms with Crippen LogP contribution in [-0.4, -0.2) is 28.5 Å². The van der Waals surface area contributed by atoms with Crippen molar-refractivity contribution >= 4 is 11.8 Å². The number of hydrogen-bond donors (Lipinski definition) is 2. The summed E-state index contributed by atoms with van der Waals surface area (Å²) in [5.74, 6) is 0.474. The zero-order valence-corrected chi connectivity index (χ0v) is 17.7. The van der Waals surface area contributed by atoms with E-state index in [-0.39, 0.29) is 24.8 Å². The minimum absolute atomic E-state index is 0.0563. The number of carbonyl (C=O) groups is 2. The van der Waals surface area contributed by atoms with E-state index in [1.807, 2.05) is 0 Å². The second kappa shape index (κ2) is 9.88. The minimum Gasteiger partial charge on any atom is -0.497 e. The molecule has 2 amide bonds. The van der Waals surface area contributed by atoms with Crippen molar-refractivity contribution in [3.63, 3.8) is 0 Å². The van der Waals surface area contributed by atoms with Gasteiger partial charge in [-0.25, -0.2) is 9.37 Å². The van der Waals surface area contributed by atoms with E-state index >= 15 is 0 Å². The molecule has 7 nitrogen and oxygen atoms in total. The molecule has 1 unspecified atom stereocenters. The van der Waals surface area contributed by atoms with Gasteiger partial charge in [-0.05, 0) is 42.3 Å². The smallest absolute Gasteiger partial charge is 0.222 e. The third kappa shape index (κ3) is 5.69. The first kappa shape index (κ1) is 22.0. The summed E-state index contributed by atoms with van der Waals surface area (Å²) < 4.78 is 21.3. The Morgan fingerprint density at radius 2 is 1.94 bits per heavy atom. The highest BCUT2D eigenvalue weighted by molar-refractivity contribution is 5.79. The maximum Gasteiger partial charge on any atom is 0.222 e. The van der Waals surface area contributed by atoms with Gasteiger partial charge in [0.15, 0.2) is 0 Å². The average molecular weight is 424 g/mol. The number of amides is 2. The monoisotopic (exact) mass is 424 g/mol. The van der Waals surface area contributed by atoms with Gasteiger partial charge in [0.25, 0.3) is 0 Å². The van der Waals surface area contributed by atoms with Crippen molar-refractivity contribution in [3.8, 4) is 11.4 Å². The summed E-state index contributed by atoms with van der Waals surface area (Å²) in [4.78, 5) is 28.2. The van der Waals surface area contributed by atoms with E-state index in [0.29, 0.717) is 22.8 Å². The van der Waals surface area contributed by atoms with Crippen LogP contribution in [0.2, 0.25) is 0 Å². The molecule has 2 N–H and O–H groups in total. The van der Waals surface area contributed by atoms with Gasteiger partial charge >= 0.3 is 0 Å². The molecular formula is C23H25FN4O3. The number of benzene rings is 2. The van der Waals surface area contributed by atoms with Crippen LogP contribution < -0.4 is 15.4 Å². The van der Waals surface area contributed by atoms with Crippen molar-refractivity contribution in [2.75, 3.05) is 7.11 Å². The first-order valence-corrected chi connectivity index (χ1v) is 9.84. The first-order chi connectivity index (χ1) is 14.9. The van der Waals surface area contributed by atoms with E-state index in [0.717, 1.165) is 5.56 Å². The molecule has 3 rings (SSSR count). The van der Waals surface area contributed by atoms with Gasteiger partial charge < -0.3 is 19.9 Å². The molecule has 3 aromatic rings. The molecule has 2 aromatic carbocycles. The van der Waals surface area contributed by atoms with Crippen LogP contribution in [0.15, 0.2) is 54.9 Å². The Morgan fingerprint density at radius 1 is 1.19 bits per heavy atom. The Kier molecular flexibility index (Phi) is 7.02. The van der Waals surface area contributed by atoms with Gasteiger partial charge in [-0.3, -0.25) is 9.59 Å². The van der Waals surface area contributed by atoms with Crippen LogP contribution in [0.3, 0.4) is 0 Å². The maximum atomic E-state index is 14.5. The molecule has 0 spiro atoms. The lowest BCUT2D eigenvalue weighted by Crippen LogP contribution is -2.32. The summed E-state index contributed by atoms with van der Waals surface area (Å²) in [6, 6.07) is 11.5. The number of aryl methyl sites for hydroxylation is 1. The standard InChI is InChI=1S/C23H25FN4O3/c1-15-25-10-11-28(15)22-9-4-17(12-20(22)24)14-26-23(30)13-21(27-16(2)29)18-5-7-19(31-3)8-6-18/h4-12,21H,13-14H2,1-3H3,(H,26,30)(H,27,29). The van der Waals surface area contributed by atoms with Gasteiger partial charge in [0.1, 0.15) is 17.4 Å². The van der Waals surface area contributed by atoms with Crippen LogP contribution in [0.4, 0.5) is 4.39 Å². The van der Waals surface area contributed by atoms with Crippen molar-refractivity contribution in [1.29, 1.82) is 0 Å². The lowest BCUT2D eigenvalue weighted by molar-refractivity contribution is -0.122. The predicted molar refractivity (Wildman–Crippen MR) is 114 cm³/mol. The lowest BCUT2D eigenvalue weighted by Gasteiger charge is -2.18. The third-order valence-corrected chi connectivity index (χ3v) is 4.87. The lowest BCUT2D eigenvalue weighted by atomic mass is 10.0. The number of imidazole rings is 1. The highest BCUT2D eigenvalue weighted by atomic mass is 19.1. The van der Waals surface area contributed by atoms with Crippen molar-refractivity contribution < 1.29 is 18.7 Å². The second-order valence-electron chi connectivity index (χ2n) is 7.14. The molecule has 1 heterocycles. The highest BCUT2D eigenvalue weighted by Gasteiger charge is 2.17. The van der Waals surface area contributed by atoms with E-state index < -0.39 is 11.9 Å². The molecule has 8 heteroatoms. The molecule has 0 bridgehead atoms. The number of rotatable bonds is 8. The minimum atomic E-state index is -0.480.